The molecule has 0 aliphatic carbocycles. The van der Waals surface area contributed by atoms with Crippen LogP contribution in [0.2, 0.25) is 10.0 Å². The van der Waals surface area contributed by atoms with Crippen LogP contribution in [0.5, 0.6) is 0 Å². The summed E-state index contributed by atoms with van der Waals surface area (Å²) >= 11 is 12.2. The molecular formula is C25H22Cl2N2O2. The first kappa shape index (κ1) is 21.4. The molecule has 3 atom stereocenters. The summed E-state index contributed by atoms with van der Waals surface area (Å²) < 4.78 is 5.29. The zero-order chi connectivity index (χ0) is 22.0. The van der Waals surface area contributed by atoms with Crippen LogP contribution < -0.4 is 0 Å². The Morgan fingerprint density at radius 3 is 2.13 bits per heavy atom. The summed E-state index contributed by atoms with van der Waals surface area (Å²) in [7, 11) is 1.40. The molecule has 0 fully saturated rings. The maximum absolute atomic E-state index is 13.3. The Morgan fingerprint density at radius 1 is 0.968 bits per heavy atom. The minimum Gasteiger partial charge on any atom is -0.467 e. The van der Waals surface area contributed by atoms with Crippen LogP contribution in [0.4, 0.5) is 0 Å². The van der Waals surface area contributed by atoms with E-state index in [1.807, 2.05) is 78.9 Å². The number of ether oxygens (including phenoxy) is 1. The molecule has 1 aliphatic rings. The van der Waals surface area contributed by atoms with Crippen LogP contribution in [0.3, 0.4) is 0 Å². The van der Waals surface area contributed by atoms with Gasteiger partial charge < -0.3 is 9.64 Å². The first-order valence-corrected chi connectivity index (χ1v) is 10.7. The standard InChI is InChI=1S/C25H22Cl2N2O2/c1-17(18-8-12-21(26)13-9-18)29-16-28-25(24(30)31-2,20-6-4-3-5-7-20)23(29)19-10-14-22(27)15-11-19/h3-17,23H,1-2H3. The van der Waals surface area contributed by atoms with Crippen molar-refractivity contribution in [2.24, 2.45) is 4.99 Å². The summed E-state index contributed by atoms with van der Waals surface area (Å²) in [6.07, 6.45) is 1.75. The number of nitrogens with zero attached hydrogens (tertiary/aromatic N) is 2. The minimum atomic E-state index is -1.25. The van der Waals surface area contributed by atoms with Gasteiger partial charge in [-0.2, -0.15) is 0 Å². The average molecular weight is 453 g/mol. The lowest BCUT2D eigenvalue weighted by Gasteiger charge is -2.38. The molecule has 0 aromatic heterocycles. The van der Waals surface area contributed by atoms with Crippen LogP contribution in [0, 0.1) is 0 Å². The number of aliphatic imine (C=N–C) groups is 1. The van der Waals surface area contributed by atoms with Crippen molar-refractivity contribution in [3.05, 3.63) is 106 Å². The van der Waals surface area contributed by atoms with Gasteiger partial charge in [-0.15, -0.1) is 0 Å². The van der Waals surface area contributed by atoms with Gasteiger partial charge in [-0.1, -0.05) is 77.8 Å². The third-order valence-electron chi connectivity index (χ3n) is 5.78. The van der Waals surface area contributed by atoms with E-state index < -0.39 is 17.6 Å². The lowest BCUT2D eigenvalue weighted by atomic mass is 9.79. The largest absolute Gasteiger partial charge is 0.467 e. The maximum Gasteiger partial charge on any atom is 0.341 e. The smallest absolute Gasteiger partial charge is 0.341 e. The third-order valence-corrected chi connectivity index (χ3v) is 6.29. The fraction of sp³-hybridized carbons (Fsp3) is 0.200. The van der Waals surface area contributed by atoms with E-state index in [0.29, 0.717) is 10.0 Å². The molecule has 0 spiro atoms. The van der Waals surface area contributed by atoms with Crippen LogP contribution in [0.1, 0.15) is 35.7 Å². The monoisotopic (exact) mass is 452 g/mol. The van der Waals surface area contributed by atoms with Gasteiger partial charge in [0, 0.05) is 10.0 Å². The summed E-state index contributed by atoms with van der Waals surface area (Å²) in [6.45, 7) is 2.08. The van der Waals surface area contributed by atoms with Gasteiger partial charge in [0.25, 0.3) is 0 Å². The number of halogens is 2. The fourth-order valence-electron chi connectivity index (χ4n) is 4.17. The molecule has 3 unspecified atom stereocenters. The number of hydrogen-bond donors (Lipinski definition) is 0. The van der Waals surface area contributed by atoms with Crippen LogP contribution in [0.15, 0.2) is 83.9 Å². The lowest BCUT2D eigenvalue weighted by Crippen LogP contribution is -2.44. The third kappa shape index (κ3) is 3.82. The van der Waals surface area contributed by atoms with Gasteiger partial charge in [0.2, 0.25) is 5.54 Å². The SMILES string of the molecule is COC(=O)C1(c2ccccc2)N=CN(C(C)c2ccc(Cl)cc2)C1c1ccc(Cl)cc1. The average Bonchev–Trinajstić information content (AvgIpc) is 3.21. The van der Waals surface area contributed by atoms with Crippen LogP contribution in [0.25, 0.3) is 0 Å². The van der Waals surface area contributed by atoms with E-state index in [1.165, 1.54) is 7.11 Å². The Hall–Kier alpha value is -2.82. The van der Waals surface area contributed by atoms with E-state index in [4.69, 9.17) is 32.9 Å². The topological polar surface area (TPSA) is 41.9 Å². The summed E-state index contributed by atoms with van der Waals surface area (Å²) in [5, 5.41) is 1.30. The van der Waals surface area contributed by atoms with Gasteiger partial charge in [0.1, 0.15) is 0 Å². The van der Waals surface area contributed by atoms with Crippen molar-refractivity contribution in [3.8, 4) is 0 Å². The van der Waals surface area contributed by atoms with E-state index in [1.54, 1.807) is 6.34 Å². The highest BCUT2D eigenvalue weighted by Gasteiger charge is 2.55. The number of esters is 1. The Morgan fingerprint density at radius 2 is 1.55 bits per heavy atom. The molecule has 0 N–H and O–H groups in total. The van der Waals surface area contributed by atoms with Gasteiger partial charge in [-0.25, -0.2) is 9.79 Å². The molecule has 3 aromatic rings. The number of carbonyl (C=O) groups is 1. The number of benzene rings is 3. The summed E-state index contributed by atoms with van der Waals surface area (Å²) in [5.41, 5.74) is 1.49. The van der Waals surface area contributed by atoms with E-state index in [-0.39, 0.29) is 6.04 Å². The van der Waals surface area contributed by atoms with Crippen LogP contribution in [-0.2, 0) is 15.1 Å². The highest BCUT2D eigenvalue weighted by Crippen LogP contribution is 2.49. The Bertz CT molecular complexity index is 1080. The second-order valence-corrected chi connectivity index (χ2v) is 8.37. The number of hydrogen-bond acceptors (Lipinski definition) is 4. The molecule has 0 amide bonds. The lowest BCUT2D eigenvalue weighted by molar-refractivity contribution is -0.149. The minimum absolute atomic E-state index is 0.0723. The normalized spacial score (nSPS) is 21.2. The zero-order valence-corrected chi connectivity index (χ0v) is 18.7. The van der Waals surface area contributed by atoms with Gasteiger partial charge in [-0.05, 0) is 47.9 Å². The van der Waals surface area contributed by atoms with Gasteiger partial charge in [0.15, 0.2) is 0 Å². The van der Waals surface area contributed by atoms with Crippen molar-refractivity contribution in [2.45, 2.75) is 24.5 Å². The molecular weight excluding hydrogens is 431 g/mol. The van der Waals surface area contributed by atoms with Crippen molar-refractivity contribution in [1.29, 1.82) is 0 Å². The van der Waals surface area contributed by atoms with E-state index >= 15 is 0 Å². The van der Waals surface area contributed by atoms with Crippen LogP contribution >= 0.6 is 23.2 Å². The molecule has 0 saturated heterocycles. The molecule has 0 saturated carbocycles. The van der Waals surface area contributed by atoms with Crippen molar-refractivity contribution < 1.29 is 9.53 Å². The summed E-state index contributed by atoms with van der Waals surface area (Å²) in [6, 6.07) is 24.3. The van der Waals surface area contributed by atoms with E-state index in [0.717, 1.165) is 16.7 Å². The predicted octanol–water partition coefficient (Wildman–Crippen LogP) is 6.21. The molecule has 3 aromatic carbocycles. The fourth-order valence-corrected chi connectivity index (χ4v) is 4.42. The van der Waals surface area contributed by atoms with Gasteiger partial charge in [-0.3, -0.25) is 0 Å². The number of rotatable bonds is 5. The molecule has 1 heterocycles. The molecule has 0 bridgehead atoms. The first-order valence-electron chi connectivity index (χ1n) is 9.95. The first-order chi connectivity index (χ1) is 15.0. The Kier molecular flexibility index (Phi) is 6.03. The molecule has 0 radical (unpaired) electrons. The van der Waals surface area contributed by atoms with Gasteiger partial charge >= 0.3 is 5.97 Å². The summed E-state index contributed by atoms with van der Waals surface area (Å²) in [5.74, 6) is -0.416. The van der Waals surface area contributed by atoms with E-state index in [2.05, 4.69) is 11.8 Å². The number of methoxy groups -OCH3 is 1. The zero-order valence-electron chi connectivity index (χ0n) is 17.2. The predicted molar refractivity (Wildman–Crippen MR) is 125 cm³/mol. The second kappa shape index (κ2) is 8.74. The maximum atomic E-state index is 13.3. The molecule has 4 rings (SSSR count). The second-order valence-electron chi connectivity index (χ2n) is 7.50. The highest BCUT2D eigenvalue weighted by atomic mass is 35.5. The molecule has 158 valence electrons. The molecule has 31 heavy (non-hydrogen) atoms. The quantitative estimate of drug-likeness (QED) is 0.432. The van der Waals surface area contributed by atoms with E-state index in [9.17, 15) is 4.79 Å². The van der Waals surface area contributed by atoms with Crippen molar-refractivity contribution in [3.63, 3.8) is 0 Å². The van der Waals surface area contributed by atoms with Crippen molar-refractivity contribution >= 4 is 35.5 Å². The number of carbonyl (C=O) groups excluding carboxylic acids is 1. The highest BCUT2D eigenvalue weighted by molar-refractivity contribution is 6.30. The summed E-state index contributed by atoms with van der Waals surface area (Å²) in [4.78, 5) is 20.2. The molecule has 6 heteroatoms. The Labute approximate surface area is 192 Å². The molecule has 4 nitrogen and oxygen atoms in total. The molecule has 1 aliphatic heterocycles. The van der Waals surface area contributed by atoms with Crippen LogP contribution in [-0.4, -0.2) is 24.3 Å². The van der Waals surface area contributed by atoms with Crippen molar-refractivity contribution in [2.75, 3.05) is 7.11 Å². The Balaban J connectivity index is 1.88. The van der Waals surface area contributed by atoms with Crippen molar-refractivity contribution in [1.82, 2.24) is 4.90 Å². The van der Waals surface area contributed by atoms with Gasteiger partial charge in [0.05, 0.1) is 25.5 Å².